The molecule has 0 fully saturated rings. The first kappa shape index (κ1) is 19.2. The molecule has 0 aromatic carbocycles. The highest BCUT2D eigenvalue weighted by Crippen LogP contribution is 2.24. The molecule has 1 heterocycles. The van der Waals surface area contributed by atoms with E-state index in [0.717, 1.165) is 17.0 Å². The highest BCUT2D eigenvalue weighted by atomic mass is 16.5. The number of hydrogen-bond acceptors (Lipinski definition) is 5. The average molecular weight is 325 g/mol. The molecule has 0 bridgehead atoms. The van der Waals surface area contributed by atoms with Crippen LogP contribution in [0.5, 0.6) is 0 Å². The number of hydrogen-bond donors (Lipinski definition) is 0. The summed E-state index contributed by atoms with van der Waals surface area (Å²) in [5.74, 6) is -0.690. The van der Waals surface area contributed by atoms with Crippen molar-refractivity contribution in [1.29, 1.82) is 0 Å². The predicted molar refractivity (Wildman–Crippen MR) is 86.2 cm³/mol. The molecule has 0 spiro atoms. The molecule has 130 valence electrons. The summed E-state index contributed by atoms with van der Waals surface area (Å²) in [6.45, 7) is 6.90. The maximum Gasteiger partial charge on any atom is 0.307 e. The minimum absolute atomic E-state index is 0.0369. The Morgan fingerprint density at radius 1 is 1.26 bits per heavy atom. The van der Waals surface area contributed by atoms with Crippen LogP contribution >= 0.6 is 0 Å². The van der Waals surface area contributed by atoms with Crippen molar-refractivity contribution in [3.05, 3.63) is 17.0 Å². The maximum absolute atomic E-state index is 12.8. The lowest BCUT2D eigenvalue weighted by atomic mass is 9.97. The van der Waals surface area contributed by atoms with Crippen LogP contribution in [0.1, 0.15) is 36.2 Å². The molecule has 0 radical (unpaired) electrons. The number of aryl methyl sites for hydroxylation is 2. The van der Waals surface area contributed by atoms with Gasteiger partial charge in [0.15, 0.2) is 0 Å². The third kappa shape index (κ3) is 4.79. The topological polar surface area (TPSA) is 73.7 Å². The lowest BCUT2D eigenvalue weighted by Gasteiger charge is -2.25. The second-order valence-corrected chi connectivity index (χ2v) is 5.57. The van der Waals surface area contributed by atoms with Crippen LogP contribution in [0.4, 0.5) is 0 Å². The number of aromatic nitrogens is 2. The fraction of sp³-hybridized carbons (Fsp3) is 0.688. The quantitative estimate of drug-likeness (QED) is 0.671. The van der Waals surface area contributed by atoms with Gasteiger partial charge in [0, 0.05) is 38.5 Å². The highest BCUT2D eigenvalue weighted by Gasteiger charge is 2.27. The van der Waals surface area contributed by atoms with Crippen molar-refractivity contribution in [3.8, 4) is 0 Å². The van der Waals surface area contributed by atoms with Gasteiger partial charge in [0.1, 0.15) is 0 Å². The van der Waals surface area contributed by atoms with Gasteiger partial charge >= 0.3 is 5.97 Å². The zero-order valence-electron chi connectivity index (χ0n) is 14.9. The van der Waals surface area contributed by atoms with Crippen LogP contribution in [0.25, 0.3) is 0 Å². The van der Waals surface area contributed by atoms with E-state index in [1.54, 1.807) is 16.7 Å². The Hall–Kier alpha value is -1.89. The Morgan fingerprint density at radius 3 is 2.39 bits per heavy atom. The van der Waals surface area contributed by atoms with E-state index in [0.29, 0.717) is 19.7 Å². The summed E-state index contributed by atoms with van der Waals surface area (Å²) in [7, 11) is 4.79. The molecule has 1 aromatic rings. The summed E-state index contributed by atoms with van der Waals surface area (Å²) in [6.07, 6.45) is 0.170. The lowest BCUT2D eigenvalue weighted by molar-refractivity contribution is -0.142. The molecular formula is C16H27N3O4. The number of ether oxygens (including phenoxy) is 2. The fourth-order valence-corrected chi connectivity index (χ4v) is 2.68. The van der Waals surface area contributed by atoms with Crippen molar-refractivity contribution in [1.82, 2.24) is 14.7 Å². The average Bonchev–Trinajstić information content (AvgIpc) is 2.78. The van der Waals surface area contributed by atoms with Gasteiger partial charge in [0.25, 0.3) is 0 Å². The van der Waals surface area contributed by atoms with Crippen molar-refractivity contribution < 1.29 is 19.1 Å². The summed E-state index contributed by atoms with van der Waals surface area (Å²) in [6, 6.07) is 0. The molecule has 1 aromatic heterocycles. The van der Waals surface area contributed by atoms with E-state index in [9.17, 15) is 9.59 Å². The smallest absolute Gasteiger partial charge is 0.307 e. The first-order chi connectivity index (χ1) is 10.8. The molecule has 1 amide bonds. The lowest BCUT2D eigenvalue weighted by Crippen LogP contribution is -2.38. The van der Waals surface area contributed by atoms with Crippen molar-refractivity contribution in [3.63, 3.8) is 0 Å². The van der Waals surface area contributed by atoms with Crippen molar-refractivity contribution in [2.24, 2.45) is 7.05 Å². The number of carbonyl (C=O) groups is 2. The van der Waals surface area contributed by atoms with E-state index >= 15 is 0 Å². The van der Waals surface area contributed by atoms with E-state index < -0.39 is 0 Å². The number of nitrogens with zero attached hydrogens (tertiary/aromatic N) is 3. The van der Waals surface area contributed by atoms with Gasteiger partial charge in [-0.15, -0.1) is 0 Å². The zero-order valence-corrected chi connectivity index (χ0v) is 14.9. The SMILES string of the molecule is COCCN(CCC(=O)OC)C(=O)C(C)c1c(C)nn(C)c1C. The third-order valence-electron chi connectivity index (χ3n) is 4.06. The summed E-state index contributed by atoms with van der Waals surface area (Å²) >= 11 is 0. The molecule has 1 atom stereocenters. The first-order valence-corrected chi connectivity index (χ1v) is 7.68. The zero-order chi connectivity index (χ0) is 17.6. The van der Waals surface area contributed by atoms with Gasteiger partial charge in [0.2, 0.25) is 5.91 Å². The van der Waals surface area contributed by atoms with Gasteiger partial charge in [-0.3, -0.25) is 14.3 Å². The molecular weight excluding hydrogens is 298 g/mol. The molecule has 7 nitrogen and oxygen atoms in total. The van der Waals surface area contributed by atoms with Crippen molar-refractivity contribution >= 4 is 11.9 Å². The summed E-state index contributed by atoms with van der Waals surface area (Å²) in [5.41, 5.74) is 2.77. The van der Waals surface area contributed by atoms with Gasteiger partial charge in [-0.25, -0.2) is 0 Å². The van der Waals surface area contributed by atoms with E-state index in [1.165, 1.54) is 7.11 Å². The number of methoxy groups -OCH3 is 2. The van der Waals surface area contributed by atoms with Crippen LogP contribution in [-0.2, 0) is 26.1 Å². The summed E-state index contributed by atoms with van der Waals surface area (Å²) in [4.78, 5) is 25.9. The first-order valence-electron chi connectivity index (χ1n) is 7.68. The molecule has 0 aliphatic heterocycles. The molecule has 1 unspecified atom stereocenters. The minimum atomic E-state index is -0.332. The molecule has 0 aliphatic carbocycles. The van der Waals surface area contributed by atoms with Gasteiger partial charge in [-0.1, -0.05) is 0 Å². The van der Waals surface area contributed by atoms with Crippen molar-refractivity contribution in [2.75, 3.05) is 33.9 Å². The third-order valence-corrected chi connectivity index (χ3v) is 4.06. The van der Waals surface area contributed by atoms with Crippen LogP contribution in [0, 0.1) is 13.8 Å². The molecule has 1 rings (SSSR count). The second kappa shape index (κ2) is 8.67. The number of amides is 1. The Bertz CT molecular complexity index is 554. The van der Waals surface area contributed by atoms with Gasteiger partial charge in [-0.05, 0) is 20.8 Å². The summed E-state index contributed by atoms with van der Waals surface area (Å²) in [5, 5.41) is 4.37. The van der Waals surface area contributed by atoms with E-state index in [2.05, 4.69) is 9.84 Å². The Balaban J connectivity index is 2.91. The Kier molecular flexibility index (Phi) is 7.22. The monoisotopic (exact) mass is 325 g/mol. The minimum Gasteiger partial charge on any atom is -0.469 e. The summed E-state index contributed by atoms with van der Waals surface area (Å²) < 4.78 is 11.5. The fourth-order valence-electron chi connectivity index (χ4n) is 2.68. The van der Waals surface area contributed by atoms with Gasteiger partial charge in [0.05, 0.1) is 31.7 Å². The molecule has 23 heavy (non-hydrogen) atoms. The van der Waals surface area contributed by atoms with E-state index in [-0.39, 0.29) is 24.2 Å². The van der Waals surface area contributed by atoms with E-state index in [1.807, 2.05) is 27.8 Å². The van der Waals surface area contributed by atoms with Crippen LogP contribution in [0.2, 0.25) is 0 Å². The maximum atomic E-state index is 12.8. The molecule has 7 heteroatoms. The van der Waals surface area contributed by atoms with E-state index in [4.69, 9.17) is 4.74 Å². The molecule has 0 saturated heterocycles. The molecule has 0 saturated carbocycles. The van der Waals surface area contributed by atoms with Crippen molar-refractivity contribution in [2.45, 2.75) is 33.1 Å². The molecule has 0 aliphatic rings. The number of rotatable bonds is 8. The van der Waals surface area contributed by atoms with Crippen LogP contribution in [0.3, 0.4) is 0 Å². The largest absolute Gasteiger partial charge is 0.469 e. The second-order valence-electron chi connectivity index (χ2n) is 5.57. The standard InChI is InChI=1S/C16H27N3O4/c1-11(15-12(2)17-18(4)13(15)3)16(21)19(9-10-22-5)8-7-14(20)23-6/h11H,7-10H2,1-6H3. The Labute approximate surface area is 137 Å². The normalized spacial score (nSPS) is 12.1. The van der Waals surface area contributed by atoms with Crippen LogP contribution < -0.4 is 0 Å². The number of esters is 1. The number of carbonyl (C=O) groups excluding carboxylic acids is 2. The highest BCUT2D eigenvalue weighted by molar-refractivity contribution is 5.84. The molecule has 0 N–H and O–H groups in total. The van der Waals surface area contributed by atoms with Crippen LogP contribution in [0.15, 0.2) is 0 Å². The van der Waals surface area contributed by atoms with Gasteiger partial charge in [-0.2, -0.15) is 5.10 Å². The van der Waals surface area contributed by atoms with Crippen LogP contribution in [-0.4, -0.2) is 60.5 Å². The van der Waals surface area contributed by atoms with Gasteiger partial charge < -0.3 is 14.4 Å². The Morgan fingerprint density at radius 2 is 1.91 bits per heavy atom. The predicted octanol–water partition coefficient (Wildman–Crippen LogP) is 1.18.